The van der Waals surface area contributed by atoms with Crippen LogP contribution in [0, 0.1) is 5.92 Å². The van der Waals surface area contributed by atoms with E-state index in [-0.39, 0.29) is 23.8 Å². The summed E-state index contributed by atoms with van der Waals surface area (Å²) >= 11 is 12.3. The van der Waals surface area contributed by atoms with Crippen molar-refractivity contribution in [2.75, 3.05) is 19.7 Å². The molecule has 0 bridgehead atoms. The molecule has 0 radical (unpaired) electrons. The highest BCUT2D eigenvalue weighted by atomic mass is 35.5. The molecule has 1 aromatic rings. The summed E-state index contributed by atoms with van der Waals surface area (Å²) in [5, 5.41) is 11.3. The van der Waals surface area contributed by atoms with Gasteiger partial charge in [-0.1, -0.05) is 48.0 Å². The minimum absolute atomic E-state index is 0.0486. The number of halogens is 2. The monoisotopic (exact) mass is 395 g/mol. The standard InChI is InChI=1S/C20H23Cl2NO3/c21-16-6-7-17(18(22)12-16)20(25)8-10-23(11-9-20)19(24)14-26-13-15-4-2-1-3-5-15/h1-7,12,17-18,25H,8-11,13-14H2. The van der Waals surface area contributed by atoms with Crippen LogP contribution in [-0.4, -0.2) is 46.6 Å². The van der Waals surface area contributed by atoms with Crippen LogP contribution < -0.4 is 0 Å². The lowest BCUT2D eigenvalue weighted by atomic mass is 9.76. The predicted molar refractivity (Wildman–Crippen MR) is 103 cm³/mol. The molecule has 1 aliphatic heterocycles. The molecule has 0 saturated carbocycles. The third-order valence-electron chi connectivity index (χ3n) is 5.06. The quantitative estimate of drug-likeness (QED) is 0.776. The van der Waals surface area contributed by atoms with Gasteiger partial charge in [0.05, 0.1) is 17.6 Å². The molecule has 140 valence electrons. The summed E-state index contributed by atoms with van der Waals surface area (Å²) in [7, 11) is 0. The normalized spacial score (nSPS) is 25.0. The maximum Gasteiger partial charge on any atom is 0.248 e. The van der Waals surface area contributed by atoms with Crippen LogP contribution in [0.25, 0.3) is 0 Å². The van der Waals surface area contributed by atoms with Gasteiger partial charge in [-0.25, -0.2) is 0 Å². The van der Waals surface area contributed by atoms with Crippen LogP contribution in [-0.2, 0) is 16.1 Å². The lowest BCUT2D eigenvalue weighted by Crippen LogP contribution is -2.52. The number of aliphatic hydroxyl groups is 1. The topological polar surface area (TPSA) is 49.8 Å². The van der Waals surface area contributed by atoms with Crippen LogP contribution in [0.4, 0.5) is 0 Å². The zero-order valence-electron chi connectivity index (χ0n) is 14.5. The van der Waals surface area contributed by atoms with Crippen molar-refractivity contribution in [2.45, 2.75) is 30.4 Å². The number of amides is 1. The molecule has 1 heterocycles. The number of piperidine rings is 1. The molecule has 3 rings (SSSR count). The summed E-state index contributed by atoms with van der Waals surface area (Å²) in [6, 6.07) is 9.76. The first-order valence-corrected chi connectivity index (χ1v) is 9.61. The summed E-state index contributed by atoms with van der Waals surface area (Å²) in [5.74, 6) is -0.245. The summed E-state index contributed by atoms with van der Waals surface area (Å²) in [6.45, 7) is 1.45. The first kappa shape index (κ1) is 19.4. The Morgan fingerprint density at radius 3 is 2.62 bits per heavy atom. The minimum Gasteiger partial charge on any atom is -0.389 e. The Morgan fingerprint density at radius 1 is 1.27 bits per heavy atom. The highest BCUT2D eigenvalue weighted by molar-refractivity contribution is 6.32. The van der Waals surface area contributed by atoms with E-state index in [0.29, 0.717) is 37.6 Å². The summed E-state index contributed by atoms with van der Waals surface area (Å²) < 4.78 is 5.52. The van der Waals surface area contributed by atoms with Gasteiger partial charge in [0.25, 0.3) is 0 Å². The van der Waals surface area contributed by atoms with E-state index < -0.39 is 5.60 Å². The van der Waals surface area contributed by atoms with Gasteiger partial charge in [-0.3, -0.25) is 4.79 Å². The molecule has 1 saturated heterocycles. The van der Waals surface area contributed by atoms with Crippen LogP contribution in [0.5, 0.6) is 0 Å². The second-order valence-corrected chi connectivity index (χ2v) is 7.78. The molecule has 1 N–H and O–H groups in total. The van der Waals surface area contributed by atoms with Crippen molar-refractivity contribution >= 4 is 29.1 Å². The van der Waals surface area contributed by atoms with E-state index in [1.54, 1.807) is 17.1 Å². The number of alkyl halides is 1. The van der Waals surface area contributed by atoms with Crippen molar-refractivity contribution in [1.82, 2.24) is 4.90 Å². The highest BCUT2D eigenvalue weighted by Gasteiger charge is 2.42. The Morgan fingerprint density at radius 2 is 1.96 bits per heavy atom. The Balaban J connectivity index is 1.47. The molecular weight excluding hydrogens is 373 g/mol. The number of hydrogen-bond donors (Lipinski definition) is 1. The van der Waals surface area contributed by atoms with Crippen LogP contribution in [0.2, 0.25) is 0 Å². The number of carbonyl (C=O) groups is 1. The van der Waals surface area contributed by atoms with Gasteiger partial charge < -0.3 is 14.7 Å². The van der Waals surface area contributed by atoms with Crippen LogP contribution in [0.15, 0.2) is 53.6 Å². The minimum atomic E-state index is -0.918. The molecule has 6 heteroatoms. The average molecular weight is 396 g/mol. The van der Waals surface area contributed by atoms with E-state index >= 15 is 0 Å². The number of allylic oxidation sites excluding steroid dienone is 3. The average Bonchev–Trinajstić information content (AvgIpc) is 2.63. The van der Waals surface area contributed by atoms with Crippen LogP contribution in [0.3, 0.4) is 0 Å². The van der Waals surface area contributed by atoms with Gasteiger partial charge in [0.2, 0.25) is 5.91 Å². The SMILES string of the molecule is O=C(COCc1ccccc1)N1CCC(O)(C2C=CC(Cl)=CC2Cl)CC1. The lowest BCUT2D eigenvalue weighted by molar-refractivity contribution is -0.142. The molecular formula is C20H23Cl2NO3. The van der Waals surface area contributed by atoms with Gasteiger partial charge >= 0.3 is 0 Å². The zero-order valence-corrected chi connectivity index (χ0v) is 16.0. The third-order valence-corrected chi connectivity index (χ3v) is 5.71. The summed E-state index contributed by atoms with van der Waals surface area (Å²) in [5.41, 5.74) is 0.121. The molecule has 2 atom stereocenters. The van der Waals surface area contributed by atoms with Gasteiger partial charge in [0.15, 0.2) is 0 Å². The highest BCUT2D eigenvalue weighted by Crippen LogP contribution is 2.38. The first-order valence-electron chi connectivity index (χ1n) is 8.79. The fraction of sp³-hybridized carbons (Fsp3) is 0.450. The van der Waals surface area contributed by atoms with Crippen LogP contribution >= 0.6 is 23.2 Å². The number of likely N-dealkylation sites (tertiary alicyclic amines) is 1. The van der Waals surface area contributed by atoms with Crippen molar-refractivity contribution in [3.05, 3.63) is 59.2 Å². The Labute approximate surface area is 164 Å². The first-order chi connectivity index (χ1) is 12.5. The van der Waals surface area contributed by atoms with E-state index in [0.717, 1.165) is 5.56 Å². The molecule has 0 aromatic heterocycles. The van der Waals surface area contributed by atoms with Gasteiger partial charge in [0.1, 0.15) is 6.61 Å². The molecule has 2 aliphatic rings. The Bertz CT molecular complexity index is 682. The molecule has 1 fully saturated rings. The second kappa shape index (κ2) is 8.57. The van der Waals surface area contributed by atoms with E-state index in [9.17, 15) is 9.90 Å². The van der Waals surface area contributed by atoms with Crippen molar-refractivity contribution in [2.24, 2.45) is 5.92 Å². The molecule has 1 amide bonds. The van der Waals surface area contributed by atoms with Crippen molar-refractivity contribution in [3.8, 4) is 0 Å². The van der Waals surface area contributed by atoms with E-state index in [1.807, 2.05) is 36.4 Å². The van der Waals surface area contributed by atoms with E-state index in [2.05, 4.69) is 0 Å². The largest absolute Gasteiger partial charge is 0.389 e. The van der Waals surface area contributed by atoms with Gasteiger partial charge in [-0.15, -0.1) is 11.6 Å². The summed E-state index contributed by atoms with van der Waals surface area (Å²) in [4.78, 5) is 14.1. The Hall–Kier alpha value is -1.33. The Kier molecular flexibility index (Phi) is 6.41. The molecule has 2 unspecified atom stereocenters. The van der Waals surface area contributed by atoms with Gasteiger partial charge in [-0.2, -0.15) is 0 Å². The van der Waals surface area contributed by atoms with Crippen LogP contribution in [0.1, 0.15) is 18.4 Å². The maximum absolute atomic E-state index is 12.3. The number of nitrogens with zero attached hydrogens (tertiary/aromatic N) is 1. The second-order valence-electron chi connectivity index (χ2n) is 6.84. The number of carbonyl (C=O) groups excluding carboxylic acids is 1. The molecule has 1 aromatic carbocycles. The number of ether oxygens (including phenoxy) is 1. The predicted octanol–water partition coefficient (Wildman–Crippen LogP) is 3.47. The molecule has 0 spiro atoms. The molecule has 26 heavy (non-hydrogen) atoms. The third kappa shape index (κ3) is 4.68. The van der Waals surface area contributed by atoms with E-state index in [1.165, 1.54) is 0 Å². The molecule has 1 aliphatic carbocycles. The van der Waals surface area contributed by atoms with Gasteiger partial charge in [-0.05, 0) is 30.6 Å². The fourth-order valence-corrected chi connectivity index (χ4v) is 4.21. The van der Waals surface area contributed by atoms with Crippen molar-refractivity contribution < 1.29 is 14.6 Å². The van der Waals surface area contributed by atoms with Crippen molar-refractivity contribution in [1.29, 1.82) is 0 Å². The number of benzene rings is 1. The lowest BCUT2D eigenvalue weighted by Gasteiger charge is -2.43. The fourth-order valence-electron chi connectivity index (χ4n) is 3.49. The summed E-state index contributed by atoms with van der Waals surface area (Å²) in [6.07, 6.45) is 6.38. The molecule has 4 nitrogen and oxygen atoms in total. The smallest absolute Gasteiger partial charge is 0.248 e. The number of hydrogen-bond acceptors (Lipinski definition) is 3. The van der Waals surface area contributed by atoms with E-state index in [4.69, 9.17) is 27.9 Å². The number of rotatable bonds is 5. The zero-order chi connectivity index (χ0) is 18.6. The van der Waals surface area contributed by atoms with Crippen molar-refractivity contribution in [3.63, 3.8) is 0 Å². The maximum atomic E-state index is 12.3. The van der Waals surface area contributed by atoms with Gasteiger partial charge in [0, 0.05) is 24.0 Å².